The summed E-state index contributed by atoms with van der Waals surface area (Å²) < 4.78 is 34.3. The summed E-state index contributed by atoms with van der Waals surface area (Å²) in [6, 6.07) is 3.20. The van der Waals surface area contributed by atoms with Crippen molar-refractivity contribution in [3.05, 3.63) is 35.5 Å². The lowest BCUT2D eigenvalue weighted by atomic mass is 9.82. The molecule has 140 valence electrons. The number of hydrogen-bond acceptors (Lipinski definition) is 6. The minimum Gasteiger partial charge on any atom is -0.376 e. The van der Waals surface area contributed by atoms with Crippen LogP contribution in [0.15, 0.2) is 24.5 Å². The Labute approximate surface area is 157 Å². The molecule has 5 heterocycles. The van der Waals surface area contributed by atoms with E-state index in [2.05, 4.69) is 25.0 Å². The molecule has 27 heavy (non-hydrogen) atoms. The van der Waals surface area contributed by atoms with Gasteiger partial charge in [-0.3, -0.25) is 0 Å². The molecule has 0 atom stereocenters. The third-order valence-corrected chi connectivity index (χ3v) is 5.34. The molecule has 7 nitrogen and oxygen atoms in total. The van der Waals surface area contributed by atoms with Crippen molar-refractivity contribution in [1.82, 2.24) is 24.7 Å². The van der Waals surface area contributed by atoms with Crippen LogP contribution in [-0.4, -0.2) is 50.0 Å². The van der Waals surface area contributed by atoms with Gasteiger partial charge in [-0.05, 0) is 6.42 Å². The highest BCUT2D eigenvalue weighted by Gasteiger charge is 2.52. The van der Waals surface area contributed by atoms with Crippen molar-refractivity contribution in [3.63, 3.8) is 0 Å². The molecule has 2 fully saturated rings. The zero-order valence-corrected chi connectivity index (χ0v) is 15.1. The van der Waals surface area contributed by atoms with Gasteiger partial charge >= 0.3 is 5.92 Å². The monoisotopic (exact) mass is 392 g/mol. The molecule has 0 aromatic carbocycles. The van der Waals surface area contributed by atoms with Crippen LogP contribution in [0.5, 0.6) is 0 Å². The molecule has 2 aliphatic rings. The van der Waals surface area contributed by atoms with E-state index in [-0.39, 0.29) is 16.5 Å². The van der Waals surface area contributed by atoms with Crippen LogP contribution in [0.1, 0.15) is 19.2 Å². The third-order valence-electron chi connectivity index (χ3n) is 5.13. The molecule has 2 aliphatic heterocycles. The number of nitrogens with zero attached hydrogens (tertiary/aromatic N) is 6. The highest BCUT2D eigenvalue weighted by Crippen LogP contribution is 2.43. The van der Waals surface area contributed by atoms with E-state index in [9.17, 15) is 8.78 Å². The van der Waals surface area contributed by atoms with Gasteiger partial charge in [-0.1, -0.05) is 11.6 Å². The van der Waals surface area contributed by atoms with Gasteiger partial charge in [0.25, 0.3) is 0 Å². The van der Waals surface area contributed by atoms with E-state index in [4.69, 9.17) is 16.3 Å². The second-order valence-electron chi connectivity index (χ2n) is 7.01. The number of halogens is 3. The first-order valence-electron chi connectivity index (χ1n) is 8.49. The third kappa shape index (κ3) is 2.49. The quantitative estimate of drug-likeness (QED) is 0.638. The molecule has 3 aromatic rings. The van der Waals surface area contributed by atoms with Crippen LogP contribution in [0, 0.1) is 0 Å². The van der Waals surface area contributed by atoms with Crippen molar-refractivity contribution in [2.24, 2.45) is 0 Å². The maximum atomic E-state index is 13.7. The SMILES string of the molecule is CC(F)(F)c1nccc(-n2nc(N3CCC34COC4)c3cnc(Cl)cc32)n1. The summed E-state index contributed by atoms with van der Waals surface area (Å²) in [7, 11) is 0. The normalized spacial score (nSPS) is 18.6. The molecule has 0 N–H and O–H groups in total. The zero-order chi connectivity index (χ0) is 18.8. The molecular weight excluding hydrogens is 378 g/mol. The fourth-order valence-corrected chi connectivity index (χ4v) is 3.68. The number of pyridine rings is 1. The maximum Gasteiger partial charge on any atom is 0.303 e. The van der Waals surface area contributed by atoms with Gasteiger partial charge < -0.3 is 9.64 Å². The van der Waals surface area contributed by atoms with E-state index < -0.39 is 11.7 Å². The highest BCUT2D eigenvalue weighted by molar-refractivity contribution is 6.30. The van der Waals surface area contributed by atoms with Crippen LogP contribution < -0.4 is 4.90 Å². The predicted octanol–water partition coefficient (Wildman–Crippen LogP) is 2.95. The van der Waals surface area contributed by atoms with E-state index in [0.29, 0.717) is 18.7 Å². The maximum absolute atomic E-state index is 13.7. The highest BCUT2D eigenvalue weighted by atomic mass is 35.5. The van der Waals surface area contributed by atoms with Gasteiger partial charge in [-0.25, -0.2) is 19.6 Å². The number of fused-ring (bicyclic) bond motifs is 1. The van der Waals surface area contributed by atoms with Gasteiger partial charge in [0.05, 0.1) is 29.7 Å². The van der Waals surface area contributed by atoms with Crippen molar-refractivity contribution in [3.8, 4) is 5.82 Å². The average molecular weight is 393 g/mol. The molecule has 0 bridgehead atoms. The second-order valence-corrected chi connectivity index (χ2v) is 7.39. The van der Waals surface area contributed by atoms with Crippen LogP contribution in [0.3, 0.4) is 0 Å². The zero-order valence-electron chi connectivity index (χ0n) is 14.4. The van der Waals surface area contributed by atoms with E-state index >= 15 is 0 Å². The Kier molecular flexibility index (Phi) is 3.45. The first-order chi connectivity index (χ1) is 12.9. The lowest BCUT2D eigenvalue weighted by Crippen LogP contribution is -2.71. The summed E-state index contributed by atoms with van der Waals surface area (Å²) >= 11 is 6.07. The van der Waals surface area contributed by atoms with Gasteiger partial charge in [-0.15, -0.1) is 5.10 Å². The predicted molar refractivity (Wildman–Crippen MR) is 94.5 cm³/mol. The van der Waals surface area contributed by atoms with Crippen LogP contribution in [-0.2, 0) is 10.7 Å². The lowest BCUT2D eigenvalue weighted by Gasteiger charge is -2.57. The summed E-state index contributed by atoms with van der Waals surface area (Å²) in [6.45, 7) is 2.92. The van der Waals surface area contributed by atoms with Crippen LogP contribution in [0.4, 0.5) is 14.6 Å². The van der Waals surface area contributed by atoms with Crippen molar-refractivity contribution in [1.29, 1.82) is 0 Å². The topological polar surface area (TPSA) is 69.0 Å². The van der Waals surface area contributed by atoms with Gasteiger partial charge in [0.2, 0.25) is 5.82 Å². The summed E-state index contributed by atoms with van der Waals surface area (Å²) in [5.74, 6) is -2.73. The molecule has 2 saturated heterocycles. The molecule has 1 spiro atoms. The summed E-state index contributed by atoms with van der Waals surface area (Å²) in [5, 5.41) is 5.75. The van der Waals surface area contributed by atoms with E-state index in [0.717, 1.165) is 31.1 Å². The smallest absolute Gasteiger partial charge is 0.303 e. The number of anilines is 1. The second kappa shape index (κ2) is 5.56. The van der Waals surface area contributed by atoms with Crippen molar-refractivity contribution < 1.29 is 13.5 Å². The van der Waals surface area contributed by atoms with Crippen LogP contribution in [0.25, 0.3) is 16.7 Å². The molecule has 10 heteroatoms. The van der Waals surface area contributed by atoms with Crippen LogP contribution >= 0.6 is 11.6 Å². The van der Waals surface area contributed by atoms with Gasteiger partial charge in [0, 0.05) is 38.0 Å². The minimum atomic E-state index is -3.15. The lowest BCUT2D eigenvalue weighted by molar-refractivity contribution is -0.0850. The standard InChI is InChI=1S/C17H15ClF2N6O/c1-16(19,20)15-21-4-2-13(23-15)26-11-6-12(18)22-7-10(11)14(24-26)25-5-3-17(25)8-27-9-17/h2,4,6-7H,3,5,8-9H2,1H3. The molecule has 3 aromatic heterocycles. The van der Waals surface area contributed by atoms with Gasteiger partial charge in [0.15, 0.2) is 11.6 Å². The largest absolute Gasteiger partial charge is 0.376 e. The number of hydrogen-bond donors (Lipinski definition) is 0. The van der Waals surface area contributed by atoms with Gasteiger partial charge in [0.1, 0.15) is 5.15 Å². The van der Waals surface area contributed by atoms with Crippen molar-refractivity contribution >= 4 is 28.3 Å². The fraction of sp³-hybridized carbons (Fsp3) is 0.412. The molecule has 5 rings (SSSR count). The Morgan fingerprint density at radius 2 is 2.11 bits per heavy atom. The van der Waals surface area contributed by atoms with Crippen LogP contribution in [0.2, 0.25) is 5.15 Å². The number of aromatic nitrogens is 5. The number of alkyl halides is 2. The van der Waals surface area contributed by atoms with Gasteiger partial charge in [-0.2, -0.15) is 8.78 Å². The molecule has 0 unspecified atom stereocenters. The Morgan fingerprint density at radius 3 is 2.74 bits per heavy atom. The summed E-state index contributed by atoms with van der Waals surface area (Å²) in [4.78, 5) is 14.0. The number of ether oxygens (including phenoxy) is 1. The first-order valence-corrected chi connectivity index (χ1v) is 8.87. The molecule has 0 saturated carbocycles. The fourth-order valence-electron chi connectivity index (χ4n) is 3.53. The Hall–Kier alpha value is -2.39. The molecule has 0 amide bonds. The van der Waals surface area contributed by atoms with E-state index in [1.165, 1.54) is 16.9 Å². The summed E-state index contributed by atoms with van der Waals surface area (Å²) in [6.07, 6.45) is 3.98. The average Bonchev–Trinajstić information content (AvgIpc) is 2.90. The first kappa shape index (κ1) is 16.8. The minimum absolute atomic E-state index is 0.0287. The molecule has 0 radical (unpaired) electrons. The van der Waals surface area contributed by atoms with Crippen molar-refractivity contribution in [2.45, 2.75) is 24.8 Å². The van der Waals surface area contributed by atoms with E-state index in [1.54, 1.807) is 12.3 Å². The van der Waals surface area contributed by atoms with E-state index in [1.807, 2.05) is 0 Å². The summed E-state index contributed by atoms with van der Waals surface area (Å²) in [5.41, 5.74) is 0.621. The Bertz CT molecular complexity index is 1040. The molecule has 0 aliphatic carbocycles. The number of rotatable bonds is 3. The van der Waals surface area contributed by atoms with Crippen molar-refractivity contribution in [2.75, 3.05) is 24.7 Å². The Morgan fingerprint density at radius 1 is 1.30 bits per heavy atom. The molecular formula is C17H15ClF2N6O. The Balaban J connectivity index is 1.68.